The molecule has 0 fully saturated rings. The van der Waals surface area contributed by atoms with Crippen LogP contribution in [-0.4, -0.2) is 18.8 Å². The minimum atomic E-state index is -4.48. The van der Waals surface area contributed by atoms with E-state index in [0.717, 1.165) is 22.8 Å². The van der Waals surface area contributed by atoms with Gasteiger partial charge in [-0.2, -0.15) is 13.2 Å². The Morgan fingerprint density at radius 1 is 0.938 bits per heavy atom. The molecule has 3 nitrogen and oxygen atoms in total. The Labute approximate surface area is 194 Å². The molecule has 1 aliphatic heterocycles. The van der Waals surface area contributed by atoms with Gasteiger partial charge in [-0.1, -0.05) is 65.7 Å². The van der Waals surface area contributed by atoms with Crippen LogP contribution in [0, 0.1) is 6.92 Å². The quantitative estimate of drug-likeness (QED) is 0.419. The molecule has 0 bridgehead atoms. The average Bonchev–Trinajstić information content (AvgIpc) is 3.17. The molecule has 0 aliphatic carbocycles. The summed E-state index contributed by atoms with van der Waals surface area (Å²) in [5.41, 5.74) is 6.20. The molecular weight excluding hydrogens is 460 g/mol. The number of nitrogens with zero attached hydrogens (tertiary/aromatic N) is 1. The molecule has 0 amide bonds. The summed E-state index contributed by atoms with van der Waals surface area (Å²) in [6.45, 7) is 1.93. The molecule has 0 radical (unpaired) electrons. The highest BCUT2D eigenvalue weighted by molar-refractivity contribution is 6.39. The lowest BCUT2D eigenvalue weighted by Gasteiger charge is -2.26. The summed E-state index contributed by atoms with van der Waals surface area (Å²) in [6, 6.07) is 18.3. The maximum absolute atomic E-state index is 13.4. The van der Waals surface area contributed by atoms with Gasteiger partial charge in [0.05, 0.1) is 21.4 Å². The third kappa shape index (κ3) is 4.72. The monoisotopic (exact) mass is 478 g/mol. The maximum atomic E-state index is 13.4. The second kappa shape index (κ2) is 9.06. The third-order valence-electron chi connectivity index (χ3n) is 5.13. The molecule has 166 valence electrons. The van der Waals surface area contributed by atoms with Crippen LogP contribution in [0.25, 0.3) is 11.1 Å². The van der Waals surface area contributed by atoms with Crippen molar-refractivity contribution in [1.82, 2.24) is 5.43 Å². The Morgan fingerprint density at radius 3 is 2.22 bits per heavy atom. The van der Waals surface area contributed by atoms with Gasteiger partial charge in [0, 0.05) is 0 Å². The largest absolute Gasteiger partial charge is 0.487 e. The van der Waals surface area contributed by atoms with E-state index in [1.54, 1.807) is 30.3 Å². The Kier molecular flexibility index (Phi) is 6.38. The number of benzene rings is 3. The molecule has 1 atom stereocenters. The Balaban J connectivity index is 1.55. The Bertz CT molecular complexity index is 1130. The van der Waals surface area contributed by atoms with E-state index in [2.05, 4.69) is 5.43 Å². The predicted octanol–water partition coefficient (Wildman–Crippen LogP) is 7.19. The van der Waals surface area contributed by atoms with E-state index in [-0.39, 0.29) is 28.0 Å². The molecular formula is C24H19Cl2F3N2O. The van der Waals surface area contributed by atoms with Crippen LogP contribution in [0.5, 0.6) is 5.75 Å². The zero-order chi connectivity index (χ0) is 22.9. The number of nitrogens with one attached hydrogen (secondary N) is 1. The summed E-state index contributed by atoms with van der Waals surface area (Å²) < 4.78 is 46.0. The number of hydrogen-bond donors (Lipinski definition) is 1. The van der Waals surface area contributed by atoms with Gasteiger partial charge in [0.1, 0.15) is 18.4 Å². The van der Waals surface area contributed by atoms with Crippen LogP contribution in [0.1, 0.15) is 5.56 Å². The van der Waals surface area contributed by atoms with E-state index in [4.69, 9.17) is 27.9 Å². The van der Waals surface area contributed by atoms with Gasteiger partial charge in [-0.25, -0.2) is 5.43 Å². The summed E-state index contributed by atoms with van der Waals surface area (Å²) in [5.74, 6) is 0.531. The number of anilines is 1. The number of rotatable bonds is 5. The first kappa shape index (κ1) is 22.5. The summed E-state index contributed by atoms with van der Waals surface area (Å²) in [5, 5.41) is 1.69. The molecule has 1 N–H and O–H groups in total. The molecule has 32 heavy (non-hydrogen) atoms. The molecule has 1 heterocycles. The second-order valence-corrected chi connectivity index (χ2v) is 8.15. The topological polar surface area (TPSA) is 24.5 Å². The van der Waals surface area contributed by atoms with Crippen molar-refractivity contribution in [2.75, 3.05) is 11.6 Å². The van der Waals surface area contributed by atoms with E-state index < -0.39 is 12.2 Å². The van der Waals surface area contributed by atoms with Crippen molar-refractivity contribution < 1.29 is 17.9 Å². The lowest BCUT2D eigenvalue weighted by Crippen LogP contribution is -2.45. The molecule has 4 rings (SSSR count). The number of hydrogen-bond acceptors (Lipinski definition) is 3. The smallest absolute Gasteiger partial charge is 0.409 e. The maximum Gasteiger partial charge on any atom is 0.409 e. The van der Waals surface area contributed by atoms with Crippen LogP contribution in [0.3, 0.4) is 0 Å². The SMILES string of the molecule is Cc1ccccc1-c1ccc(OCC2=CC(C(F)(F)F)NN2c2c(Cl)cccc2Cl)cc1. The highest BCUT2D eigenvalue weighted by Crippen LogP contribution is 2.38. The van der Waals surface area contributed by atoms with Gasteiger partial charge in [0.2, 0.25) is 0 Å². The standard InChI is InChI=1S/C24H19Cl2F3N2O/c1-15-5-2-3-6-19(15)16-9-11-18(12-10-16)32-14-17-13-22(24(27,28)29)30-31(17)23-20(25)7-4-8-21(23)26/h2-13,22,30H,14H2,1H3. The molecule has 8 heteroatoms. The van der Waals surface area contributed by atoms with Gasteiger partial charge in [0.15, 0.2) is 0 Å². The average molecular weight is 479 g/mol. The van der Waals surface area contributed by atoms with Crippen LogP contribution in [0.15, 0.2) is 78.5 Å². The fourth-order valence-corrected chi connectivity index (χ4v) is 4.07. The first-order chi connectivity index (χ1) is 15.2. The van der Waals surface area contributed by atoms with Gasteiger partial charge in [-0.05, 0) is 54.0 Å². The van der Waals surface area contributed by atoms with Crippen LogP contribution >= 0.6 is 23.2 Å². The van der Waals surface area contributed by atoms with Crippen molar-refractivity contribution in [2.45, 2.75) is 19.1 Å². The van der Waals surface area contributed by atoms with E-state index in [0.29, 0.717) is 5.75 Å². The fourth-order valence-electron chi connectivity index (χ4n) is 3.50. The number of ether oxygens (including phenoxy) is 1. The first-order valence-corrected chi connectivity index (χ1v) is 10.6. The molecule has 0 spiro atoms. The second-order valence-electron chi connectivity index (χ2n) is 7.34. The van der Waals surface area contributed by atoms with Crippen LogP contribution in [0.2, 0.25) is 10.0 Å². The lowest BCUT2D eigenvalue weighted by molar-refractivity contribution is -0.142. The molecule has 0 saturated carbocycles. The zero-order valence-corrected chi connectivity index (χ0v) is 18.5. The van der Waals surface area contributed by atoms with Crippen molar-refractivity contribution >= 4 is 28.9 Å². The van der Waals surface area contributed by atoms with Crippen LogP contribution in [-0.2, 0) is 0 Å². The summed E-state index contributed by atoms with van der Waals surface area (Å²) in [4.78, 5) is 0. The summed E-state index contributed by atoms with van der Waals surface area (Å²) in [6.07, 6.45) is -3.41. The Hall–Kier alpha value is -2.67. The number of para-hydroxylation sites is 1. The molecule has 1 aliphatic rings. The number of hydrazine groups is 1. The number of aryl methyl sites for hydroxylation is 1. The normalized spacial score (nSPS) is 16.2. The highest BCUT2D eigenvalue weighted by Gasteiger charge is 2.44. The van der Waals surface area contributed by atoms with Crippen molar-refractivity contribution in [2.24, 2.45) is 0 Å². The van der Waals surface area contributed by atoms with E-state index in [1.807, 2.05) is 43.3 Å². The molecule has 3 aromatic rings. The number of alkyl halides is 3. The fraction of sp³-hybridized carbons (Fsp3) is 0.167. The number of halogens is 5. The van der Waals surface area contributed by atoms with Crippen molar-refractivity contribution in [3.8, 4) is 16.9 Å². The lowest BCUT2D eigenvalue weighted by atomic mass is 10.0. The van der Waals surface area contributed by atoms with Gasteiger partial charge < -0.3 is 4.74 Å². The Morgan fingerprint density at radius 2 is 1.59 bits per heavy atom. The van der Waals surface area contributed by atoms with Crippen molar-refractivity contribution in [3.05, 3.63) is 94.1 Å². The van der Waals surface area contributed by atoms with Gasteiger partial charge in [-0.15, -0.1) is 0 Å². The van der Waals surface area contributed by atoms with E-state index in [9.17, 15) is 13.2 Å². The van der Waals surface area contributed by atoms with E-state index in [1.165, 1.54) is 5.01 Å². The van der Waals surface area contributed by atoms with Gasteiger partial charge in [-0.3, -0.25) is 5.01 Å². The minimum Gasteiger partial charge on any atom is -0.487 e. The summed E-state index contributed by atoms with van der Waals surface area (Å²) >= 11 is 12.5. The molecule has 3 aromatic carbocycles. The van der Waals surface area contributed by atoms with Crippen LogP contribution in [0.4, 0.5) is 18.9 Å². The third-order valence-corrected chi connectivity index (χ3v) is 5.74. The minimum absolute atomic E-state index is 0.106. The zero-order valence-electron chi connectivity index (χ0n) is 17.0. The van der Waals surface area contributed by atoms with Crippen molar-refractivity contribution in [3.63, 3.8) is 0 Å². The highest BCUT2D eigenvalue weighted by atomic mass is 35.5. The summed E-state index contributed by atoms with van der Waals surface area (Å²) in [7, 11) is 0. The van der Waals surface area contributed by atoms with Gasteiger partial charge in [0.25, 0.3) is 0 Å². The first-order valence-electron chi connectivity index (χ1n) is 9.80. The predicted molar refractivity (Wildman–Crippen MR) is 122 cm³/mol. The molecule has 1 unspecified atom stereocenters. The van der Waals surface area contributed by atoms with Gasteiger partial charge >= 0.3 is 6.18 Å². The van der Waals surface area contributed by atoms with E-state index >= 15 is 0 Å². The van der Waals surface area contributed by atoms with Crippen LogP contribution < -0.4 is 15.2 Å². The van der Waals surface area contributed by atoms with Crippen molar-refractivity contribution in [1.29, 1.82) is 0 Å². The molecule has 0 saturated heterocycles. The molecule has 0 aromatic heterocycles.